The lowest BCUT2D eigenvalue weighted by atomic mass is 10.1. The van der Waals surface area contributed by atoms with E-state index in [1.807, 2.05) is 54.6 Å². The van der Waals surface area contributed by atoms with Gasteiger partial charge >= 0.3 is 0 Å². The van der Waals surface area contributed by atoms with Crippen molar-refractivity contribution in [3.05, 3.63) is 84.4 Å². The van der Waals surface area contributed by atoms with Crippen LogP contribution >= 0.6 is 0 Å². The number of aromatic nitrogens is 3. The zero-order valence-corrected chi connectivity index (χ0v) is 13.9. The van der Waals surface area contributed by atoms with Crippen LogP contribution in [0.2, 0.25) is 0 Å². The molecule has 0 bridgehead atoms. The molecule has 0 amide bonds. The first kappa shape index (κ1) is 15.8. The number of benzene rings is 1. The van der Waals surface area contributed by atoms with Crippen molar-refractivity contribution in [2.45, 2.75) is 6.42 Å². The second kappa shape index (κ2) is 7.06. The Kier molecular flexibility index (Phi) is 4.30. The van der Waals surface area contributed by atoms with Gasteiger partial charge in [0.2, 0.25) is 0 Å². The normalized spacial score (nSPS) is 10.6. The summed E-state index contributed by atoms with van der Waals surface area (Å²) >= 11 is 0. The van der Waals surface area contributed by atoms with Gasteiger partial charge < -0.3 is 15.0 Å². The molecule has 0 atom stereocenters. The molecule has 4 rings (SSSR count). The Hall–Kier alpha value is -3.67. The fraction of sp³-hybridized carbons (Fsp3) is 0.0500. The Morgan fingerprint density at radius 1 is 0.962 bits per heavy atom. The zero-order valence-electron chi connectivity index (χ0n) is 13.9. The van der Waals surface area contributed by atoms with E-state index in [0.29, 0.717) is 23.7 Å². The summed E-state index contributed by atoms with van der Waals surface area (Å²) in [7, 11) is 0. The molecule has 26 heavy (non-hydrogen) atoms. The SMILES string of the molecule is Nc1ncccc1-c1cc(Cc2ccc(Oc3cccnc3)cc2)no1. The molecule has 0 aliphatic rings. The topological polar surface area (TPSA) is 87.1 Å². The predicted molar refractivity (Wildman–Crippen MR) is 97.7 cm³/mol. The first-order valence-electron chi connectivity index (χ1n) is 8.11. The molecule has 6 nitrogen and oxygen atoms in total. The molecule has 0 radical (unpaired) electrons. The molecule has 0 spiro atoms. The Balaban J connectivity index is 1.46. The fourth-order valence-corrected chi connectivity index (χ4v) is 2.58. The maximum Gasteiger partial charge on any atom is 0.170 e. The van der Waals surface area contributed by atoms with E-state index in [2.05, 4.69) is 15.1 Å². The number of anilines is 1. The van der Waals surface area contributed by atoms with Crippen LogP contribution in [0, 0.1) is 0 Å². The molecule has 0 saturated heterocycles. The molecule has 1 aromatic carbocycles. The number of ether oxygens (including phenoxy) is 1. The number of pyridine rings is 2. The van der Waals surface area contributed by atoms with Crippen LogP contribution < -0.4 is 10.5 Å². The number of rotatable bonds is 5. The molecular formula is C20H16N4O2. The maximum absolute atomic E-state index is 5.88. The minimum Gasteiger partial charge on any atom is -0.456 e. The van der Waals surface area contributed by atoms with Gasteiger partial charge in [-0.1, -0.05) is 17.3 Å². The summed E-state index contributed by atoms with van der Waals surface area (Å²) in [6.45, 7) is 0. The van der Waals surface area contributed by atoms with Crippen molar-refractivity contribution in [2.75, 3.05) is 5.73 Å². The molecule has 0 unspecified atom stereocenters. The third-order valence-corrected chi connectivity index (χ3v) is 3.84. The first-order chi connectivity index (χ1) is 12.8. The number of nitrogens with two attached hydrogens (primary N) is 1. The summed E-state index contributed by atoms with van der Waals surface area (Å²) in [5.41, 5.74) is 8.54. The van der Waals surface area contributed by atoms with Crippen molar-refractivity contribution in [2.24, 2.45) is 0 Å². The maximum atomic E-state index is 5.88. The van der Waals surface area contributed by atoms with Crippen LogP contribution in [0.15, 0.2) is 77.7 Å². The van der Waals surface area contributed by atoms with Crippen LogP contribution in [0.4, 0.5) is 5.82 Å². The molecule has 6 heteroatoms. The van der Waals surface area contributed by atoms with Gasteiger partial charge in [-0.2, -0.15) is 0 Å². The number of nitrogen functional groups attached to an aromatic ring is 1. The molecule has 128 valence electrons. The van der Waals surface area contributed by atoms with Gasteiger partial charge in [0.15, 0.2) is 5.76 Å². The monoisotopic (exact) mass is 344 g/mol. The van der Waals surface area contributed by atoms with Crippen LogP contribution in [0.3, 0.4) is 0 Å². The van der Waals surface area contributed by atoms with Gasteiger partial charge in [-0.05, 0) is 42.0 Å². The Morgan fingerprint density at radius 3 is 2.58 bits per heavy atom. The summed E-state index contributed by atoms with van der Waals surface area (Å²) in [5, 5.41) is 4.12. The lowest BCUT2D eigenvalue weighted by Gasteiger charge is -2.05. The predicted octanol–water partition coefficient (Wildman–Crippen LogP) is 4.10. The van der Waals surface area contributed by atoms with Crippen molar-refractivity contribution in [3.8, 4) is 22.8 Å². The molecule has 3 heterocycles. The summed E-state index contributed by atoms with van der Waals surface area (Å²) in [6.07, 6.45) is 5.68. The minimum atomic E-state index is 0.423. The average molecular weight is 344 g/mol. The Morgan fingerprint density at radius 2 is 1.81 bits per heavy atom. The van der Waals surface area contributed by atoms with Gasteiger partial charge in [0, 0.05) is 24.9 Å². The van der Waals surface area contributed by atoms with E-state index in [9.17, 15) is 0 Å². The Labute approximate surface area is 150 Å². The lowest BCUT2D eigenvalue weighted by molar-refractivity contribution is 0.425. The van der Waals surface area contributed by atoms with Crippen LogP contribution in [0.25, 0.3) is 11.3 Å². The number of nitrogens with zero attached hydrogens (tertiary/aromatic N) is 3. The molecule has 4 aromatic rings. The number of hydrogen-bond donors (Lipinski definition) is 1. The van der Waals surface area contributed by atoms with Gasteiger partial charge in [-0.25, -0.2) is 4.98 Å². The van der Waals surface area contributed by atoms with Crippen LogP contribution in [0.5, 0.6) is 11.5 Å². The third-order valence-electron chi connectivity index (χ3n) is 3.84. The van der Waals surface area contributed by atoms with Crippen molar-refractivity contribution in [1.82, 2.24) is 15.1 Å². The van der Waals surface area contributed by atoms with Crippen molar-refractivity contribution < 1.29 is 9.26 Å². The van der Waals surface area contributed by atoms with Crippen LogP contribution in [-0.4, -0.2) is 15.1 Å². The van der Waals surface area contributed by atoms with E-state index >= 15 is 0 Å². The van der Waals surface area contributed by atoms with Gasteiger partial charge in [0.05, 0.1) is 17.5 Å². The van der Waals surface area contributed by atoms with E-state index in [1.165, 1.54) is 0 Å². The minimum absolute atomic E-state index is 0.423. The summed E-state index contributed by atoms with van der Waals surface area (Å²) < 4.78 is 11.1. The highest BCUT2D eigenvalue weighted by molar-refractivity contribution is 5.69. The first-order valence-corrected chi connectivity index (χ1v) is 8.11. The highest BCUT2D eigenvalue weighted by Crippen LogP contribution is 2.26. The molecule has 0 fully saturated rings. The van der Waals surface area contributed by atoms with Gasteiger partial charge in [0.1, 0.15) is 17.3 Å². The van der Waals surface area contributed by atoms with Crippen LogP contribution in [0.1, 0.15) is 11.3 Å². The quantitative estimate of drug-likeness (QED) is 0.586. The van der Waals surface area contributed by atoms with E-state index in [0.717, 1.165) is 22.6 Å². The van der Waals surface area contributed by atoms with E-state index in [-0.39, 0.29) is 0 Å². The Bertz CT molecular complexity index is 998. The highest BCUT2D eigenvalue weighted by Gasteiger charge is 2.10. The fourth-order valence-electron chi connectivity index (χ4n) is 2.58. The zero-order chi connectivity index (χ0) is 17.8. The largest absolute Gasteiger partial charge is 0.456 e. The molecule has 3 aromatic heterocycles. The van der Waals surface area contributed by atoms with Crippen molar-refractivity contribution in [1.29, 1.82) is 0 Å². The summed E-state index contributed by atoms with van der Waals surface area (Å²) in [6, 6.07) is 17.1. The summed E-state index contributed by atoms with van der Waals surface area (Å²) in [4.78, 5) is 8.10. The van der Waals surface area contributed by atoms with E-state index < -0.39 is 0 Å². The molecule has 0 aliphatic carbocycles. The highest BCUT2D eigenvalue weighted by atomic mass is 16.5. The second-order valence-corrected chi connectivity index (χ2v) is 5.73. The van der Waals surface area contributed by atoms with Gasteiger partial charge in [0.25, 0.3) is 0 Å². The van der Waals surface area contributed by atoms with Crippen molar-refractivity contribution >= 4 is 5.82 Å². The standard InChI is InChI=1S/C20H16N4O2/c21-20-18(4-2-10-23-20)19-12-15(24-26-19)11-14-5-7-16(8-6-14)25-17-3-1-9-22-13-17/h1-10,12-13H,11H2,(H2,21,23). The molecule has 0 aliphatic heterocycles. The third kappa shape index (κ3) is 3.54. The summed E-state index contributed by atoms with van der Waals surface area (Å²) in [5.74, 6) is 2.50. The van der Waals surface area contributed by atoms with Crippen LogP contribution in [-0.2, 0) is 6.42 Å². The molecule has 2 N–H and O–H groups in total. The van der Waals surface area contributed by atoms with E-state index in [4.69, 9.17) is 15.0 Å². The van der Waals surface area contributed by atoms with Gasteiger partial charge in [-0.15, -0.1) is 0 Å². The smallest absolute Gasteiger partial charge is 0.170 e. The molecular weight excluding hydrogens is 328 g/mol. The number of hydrogen-bond acceptors (Lipinski definition) is 6. The second-order valence-electron chi connectivity index (χ2n) is 5.73. The average Bonchev–Trinajstić information content (AvgIpc) is 3.13. The van der Waals surface area contributed by atoms with Gasteiger partial charge in [-0.3, -0.25) is 4.98 Å². The molecule has 0 saturated carbocycles. The lowest BCUT2D eigenvalue weighted by Crippen LogP contribution is -1.92. The van der Waals surface area contributed by atoms with Crippen molar-refractivity contribution in [3.63, 3.8) is 0 Å². The van der Waals surface area contributed by atoms with E-state index in [1.54, 1.807) is 18.6 Å².